The van der Waals surface area contributed by atoms with Crippen LogP contribution in [0.3, 0.4) is 0 Å². The maximum atomic E-state index is 12.3. The number of hydrogen-bond acceptors (Lipinski definition) is 3. The molecular weight excluding hydrogens is 282 g/mol. The molecule has 0 radical (unpaired) electrons. The Morgan fingerprint density at radius 3 is 2.71 bits per heavy atom. The molecule has 1 atom stereocenters. The van der Waals surface area contributed by atoms with Gasteiger partial charge in [-0.25, -0.2) is 0 Å². The van der Waals surface area contributed by atoms with Gasteiger partial charge in [-0.3, -0.25) is 4.79 Å². The van der Waals surface area contributed by atoms with Crippen LogP contribution in [0.4, 0.5) is 0 Å². The first-order valence-corrected chi connectivity index (χ1v) is 7.94. The van der Waals surface area contributed by atoms with Crippen LogP contribution in [0.5, 0.6) is 5.75 Å². The molecule has 0 bridgehead atoms. The first kappa shape index (κ1) is 15.6. The molecule has 4 heteroatoms. The highest BCUT2D eigenvalue weighted by Gasteiger charge is 2.19. The predicted molar refractivity (Wildman–Crippen MR) is 86.7 cm³/mol. The summed E-state index contributed by atoms with van der Waals surface area (Å²) >= 11 is 1.68. The minimum Gasteiger partial charge on any atom is -0.497 e. The van der Waals surface area contributed by atoms with Crippen molar-refractivity contribution in [1.29, 1.82) is 0 Å². The number of carbonyl (C=O) groups excluding carboxylic acids is 1. The number of nitrogens with one attached hydrogen (secondary N) is 1. The fraction of sp³-hybridized carbons (Fsp3) is 0.353. The van der Waals surface area contributed by atoms with E-state index < -0.39 is 0 Å². The molecule has 1 N–H and O–H groups in total. The lowest BCUT2D eigenvalue weighted by molar-refractivity contribution is -0.121. The molecule has 1 heterocycles. The lowest BCUT2D eigenvalue weighted by atomic mass is 10.0. The highest BCUT2D eigenvalue weighted by Crippen LogP contribution is 2.25. The molecule has 0 aliphatic rings. The van der Waals surface area contributed by atoms with Gasteiger partial charge in [-0.2, -0.15) is 0 Å². The summed E-state index contributed by atoms with van der Waals surface area (Å²) in [5.41, 5.74) is 0.959. The molecule has 0 saturated heterocycles. The van der Waals surface area contributed by atoms with Gasteiger partial charge in [0.1, 0.15) is 5.75 Å². The molecule has 2 aromatic rings. The molecule has 0 aliphatic heterocycles. The zero-order valence-corrected chi connectivity index (χ0v) is 13.4. The first-order chi connectivity index (χ1) is 10.1. The smallest absolute Gasteiger partial charge is 0.224 e. The van der Waals surface area contributed by atoms with Crippen molar-refractivity contribution in [2.24, 2.45) is 5.92 Å². The fourth-order valence-electron chi connectivity index (χ4n) is 2.23. The number of amides is 1. The maximum Gasteiger partial charge on any atom is 0.224 e. The molecule has 0 saturated carbocycles. The number of ether oxygens (including phenoxy) is 1. The normalized spacial score (nSPS) is 12.2. The molecule has 0 spiro atoms. The van der Waals surface area contributed by atoms with Crippen molar-refractivity contribution >= 4 is 17.2 Å². The summed E-state index contributed by atoms with van der Waals surface area (Å²) in [6, 6.07) is 11.8. The van der Waals surface area contributed by atoms with Gasteiger partial charge in [-0.15, -0.1) is 11.3 Å². The molecule has 2 rings (SSSR count). The Balaban J connectivity index is 2.02. The Labute approximate surface area is 130 Å². The van der Waals surface area contributed by atoms with E-state index in [1.165, 1.54) is 4.88 Å². The number of benzene rings is 1. The number of methoxy groups -OCH3 is 1. The summed E-state index contributed by atoms with van der Waals surface area (Å²) in [4.78, 5) is 13.5. The second-order valence-electron chi connectivity index (χ2n) is 5.33. The average Bonchev–Trinajstić information content (AvgIpc) is 2.98. The van der Waals surface area contributed by atoms with Crippen LogP contribution in [0.25, 0.3) is 0 Å². The van der Waals surface area contributed by atoms with Crippen LogP contribution in [-0.4, -0.2) is 13.0 Å². The van der Waals surface area contributed by atoms with Crippen LogP contribution in [0.1, 0.15) is 30.3 Å². The fourth-order valence-corrected chi connectivity index (χ4v) is 3.18. The van der Waals surface area contributed by atoms with Crippen LogP contribution in [-0.2, 0) is 11.2 Å². The number of carbonyl (C=O) groups is 1. The molecule has 1 unspecified atom stereocenters. The van der Waals surface area contributed by atoms with Crippen LogP contribution in [0, 0.1) is 5.92 Å². The largest absolute Gasteiger partial charge is 0.497 e. The van der Waals surface area contributed by atoms with Crippen molar-refractivity contribution in [1.82, 2.24) is 5.32 Å². The zero-order chi connectivity index (χ0) is 15.2. The SMILES string of the molecule is COc1cccc(CC(=O)NC(c2cccs2)C(C)C)c1. The van der Waals surface area contributed by atoms with E-state index in [0.29, 0.717) is 12.3 Å². The quantitative estimate of drug-likeness (QED) is 0.881. The highest BCUT2D eigenvalue weighted by atomic mass is 32.1. The lowest BCUT2D eigenvalue weighted by Crippen LogP contribution is -2.32. The Bertz CT molecular complexity index is 578. The Morgan fingerprint density at radius 2 is 2.10 bits per heavy atom. The summed E-state index contributed by atoms with van der Waals surface area (Å²) in [6.45, 7) is 4.24. The monoisotopic (exact) mass is 303 g/mol. The van der Waals surface area contributed by atoms with Gasteiger partial charge in [0.25, 0.3) is 0 Å². The lowest BCUT2D eigenvalue weighted by Gasteiger charge is -2.21. The van der Waals surface area contributed by atoms with Gasteiger partial charge in [0.2, 0.25) is 5.91 Å². The molecule has 1 aromatic carbocycles. The van der Waals surface area contributed by atoms with Gasteiger partial charge < -0.3 is 10.1 Å². The molecule has 0 aliphatic carbocycles. The van der Waals surface area contributed by atoms with E-state index in [4.69, 9.17) is 4.74 Å². The van der Waals surface area contributed by atoms with Gasteiger partial charge in [0.15, 0.2) is 0 Å². The Hall–Kier alpha value is -1.81. The second-order valence-corrected chi connectivity index (χ2v) is 6.31. The Kier molecular flexibility index (Phi) is 5.39. The Morgan fingerprint density at radius 1 is 1.29 bits per heavy atom. The zero-order valence-electron chi connectivity index (χ0n) is 12.6. The van der Waals surface area contributed by atoms with Crippen molar-refractivity contribution < 1.29 is 9.53 Å². The van der Waals surface area contributed by atoms with Gasteiger partial charge in [0.05, 0.1) is 19.6 Å². The third-order valence-corrected chi connectivity index (χ3v) is 4.29. The van der Waals surface area contributed by atoms with Gasteiger partial charge >= 0.3 is 0 Å². The molecule has 21 heavy (non-hydrogen) atoms. The summed E-state index contributed by atoms with van der Waals surface area (Å²) in [5.74, 6) is 1.17. The standard InChI is InChI=1S/C17H21NO2S/c1-12(2)17(15-8-5-9-21-15)18-16(19)11-13-6-4-7-14(10-13)20-3/h4-10,12,17H,11H2,1-3H3,(H,18,19). The molecule has 1 amide bonds. The first-order valence-electron chi connectivity index (χ1n) is 7.06. The number of thiophene rings is 1. The number of rotatable bonds is 6. The van der Waals surface area contributed by atoms with Crippen molar-refractivity contribution in [3.63, 3.8) is 0 Å². The van der Waals surface area contributed by atoms with E-state index in [0.717, 1.165) is 11.3 Å². The van der Waals surface area contributed by atoms with Crippen molar-refractivity contribution in [3.8, 4) is 5.75 Å². The van der Waals surface area contributed by atoms with E-state index in [-0.39, 0.29) is 11.9 Å². The molecule has 1 aromatic heterocycles. The van der Waals surface area contributed by atoms with Crippen molar-refractivity contribution in [2.75, 3.05) is 7.11 Å². The summed E-state index contributed by atoms with van der Waals surface area (Å²) < 4.78 is 5.18. The van der Waals surface area contributed by atoms with Gasteiger partial charge in [-0.05, 0) is 35.1 Å². The highest BCUT2D eigenvalue weighted by molar-refractivity contribution is 7.10. The average molecular weight is 303 g/mol. The maximum absolute atomic E-state index is 12.3. The van der Waals surface area contributed by atoms with E-state index in [9.17, 15) is 4.79 Å². The third kappa shape index (κ3) is 4.33. The predicted octanol–water partition coefficient (Wildman–Crippen LogP) is 3.81. The summed E-state index contributed by atoms with van der Waals surface area (Å²) in [6.07, 6.45) is 0.367. The molecule has 3 nitrogen and oxygen atoms in total. The van der Waals surface area contributed by atoms with Gasteiger partial charge in [-0.1, -0.05) is 32.0 Å². The third-order valence-electron chi connectivity index (χ3n) is 3.33. The second kappa shape index (κ2) is 7.27. The van der Waals surface area contributed by atoms with Crippen LogP contribution in [0.15, 0.2) is 41.8 Å². The van der Waals surface area contributed by atoms with E-state index in [2.05, 4.69) is 25.2 Å². The summed E-state index contributed by atoms with van der Waals surface area (Å²) in [5, 5.41) is 5.18. The molecule has 112 valence electrons. The van der Waals surface area contributed by atoms with Crippen LogP contribution in [0.2, 0.25) is 0 Å². The van der Waals surface area contributed by atoms with Gasteiger partial charge in [0, 0.05) is 4.88 Å². The van der Waals surface area contributed by atoms with Crippen molar-refractivity contribution in [2.45, 2.75) is 26.3 Å². The van der Waals surface area contributed by atoms with E-state index >= 15 is 0 Å². The van der Waals surface area contributed by atoms with Crippen molar-refractivity contribution in [3.05, 3.63) is 52.2 Å². The van der Waals surface area contributed by atoms with Crippen LogP contribution < -0.4 is 10.1 Å². The van der Waals surface area contributed by atoms with E-state index in [1.807, 2.05) is 35.7 Å². The van der Waals surface area contributed by atoms with E-state index in [1.54, 1.807) is 18.4 Å². The topological polar surface area (TPSA) is 38.3 Å². The molecule has 0 fully saturated rings. The minimum atomic E-state index is 0.0374. The minimum absolute atomic E-state index is 0.0374. The van der Waals surface area contributed by atoms with Crippen LogP contribution >= 0.6 is 11.3 Å². The molecular formula is C17H21NO2S. The summed E-state index contributed by atoms with van der Waals surface area (Å²) in [7, 11) is 1.63. The number of hydrogen-bond donors (Lipinski definition) is 1.